The molecule has 0 atom stereocenters. The summed E-state index contributed by atoms with van der Waals surface area (Å²) in [5.41, 5.74) is 0.422. The van der Waals surface area contributed by atoms with E-state index in [-0.39, 0.29) is 17.6 Å². The van der Waals surface area contributed by atoms with Gasteiger partial charge in [0.25, 0.3) is 5.91 Å². The molecule has 3 N–H and O–H groups in total. The van der Waals surface area contributed by atoms with Gasteiger partial charge >= 0.3 is 0 Å². The molecule has 0 unspecified atom stereocenters. The van der Waals surface area contributed by atoms with Crippen molar-refractivity contribution in [3.05, 3.63) is 71.8 Å². The van der Waals surface area contributed by atoms with E-state index in [0.717, 1.165) is 17.5 Å². The summed E-state index contributed by atoms with van der Waals surface area (Å²) in [5.74, 6) is -0.000962. The van der Waals surface area contributed by atoms with Gasteiger partial charge in [-0.1, -0.05) is 74.0 Å². The lowest BCUT2D eigenvalue weighted by molar-refractivity contribution is -0.130. The summed E-state index contributed by atoms with van der Waals surface area (Å²) in [6, 6.07) is 18.9. The molecular formula is C23H30N4O3S. The van der Waals surface area contributed by atoms with Gasteiger partial charge in [0.15, 0.2) is 11.5 Å². The van der Waals surface area contributed by atoms with Gasteiger partial charge in [-0.15, -0.1) is 0 Å². The Labute approximate surface area is 184 Å². The van der Waals surface area contributed by atoms with Gasteiger partial charge in [-0.25, -0.2) is 13.1 Å². The number of hydrogen-bond acceptors (Lipinski definition) is 4. The maximum atomic E-state index is 13.6. The van der Waals surface area contributed by atoms with Crippen molar-refractivity contribution in [2.75, 3.05) is 18.8 Å². The number of hydrogen-bond donors (Lipinski definition) is 3. The van der Waals surface area contributed by atoms with Crippen molar-refractivity contribution in [3.63, 3.8) is 0 Å². The molecule has 1 saturated heterocycles. The maximum Gasteiger partial charge on any atom is 0.264 e. The number of nitrogens with zero attached hydrogens (tertiary/aromatic N) is 1. The molecule has 1 aliphatic heterocycles. The molecule has 0 spiro atoms. The number of benzene rings is 2. The van der Waals surface area contributed by atoms with Crippen molar-refractivity contribution in [3.8, 4) is 0 Å². The number of nitrogens with one attached hydrogen (secondary N) is 3. The molecule has 166 valence electrons. The first-order chi connectivity index (χ1) is 14.9. The number of carbonyl (C=O) groups is 1. The van der Waals surface area contributed by atoms with E-state index in [1.54, 1.807) is 0 Å². The second-order valence-corrected chi connectivity index (χ2v) is 9.61. The molecule has 0 radical (unpaired) electrons. The van der Waals surface area contributed by atoms with Gasteiger partial charge in [-0.2, -0.15) is 0 Å². The SMILES string of the molecule is CCCCS(=O)(=O)NCCCCN1C(=N)NC(c2ccccc2)(c2ccccc2)C1=O. The van der Waals surface area contributed by atoms with Gasteiger partial charge in [-0.05, 0) is 30.4 Å². The predicted octanol–water partition coefficient (Wildman–Crippen LogP) is 2.80. The molecule has 8 heteroatoms. The first-order valence-electron chi connectivity index (χ1n) is 10.7. The summed E-state index contributed by atoms with van der Waals surface area (Å²) in [7, 11) is -3.24. The lowest BCUT2D eigenvalue weighted by Gasteiger charge is -2.28. The highest BCUT2D eigenvalue weighted by Crippen LogP contribution is 2.35. The monoisotopic (exact) mass is 442 g/mol. The number of guanidine groups is 1. The Morgan fingerprint density at radius 2 is 1.55 bits per heavy atom. The number of rotatable bonds is 11. The minimum atomic E-state index is -3.24. The summed E-state index contributed by atoms with van der Waals surface area (Å²) in [5, 5.41) is 11.6. The number of unbranched alkanes of at least 4 members (excludes halogenated alkanes) is 2. The van der Waals surface area contributed by atoms with Gasteiger partial charge in [0, 0.05) is 13.1 Å². The second-order valence-electron chi connectivity index (χ2n) is 7.69. The molecule has 7 nitrogen and oxygen atoms in total. The van der Waals surface area contributed by atoms with E-state index in [4.69, 9.17) is 5.41 Å². The van der Waals surface area contributed by atoms with Crippen molar-refractivity contribution >= 4 is 21.9 Å². The second kappa shape index (κ2) is 10.1. The highest BCUT2D eigenvalue weighted by atomic mass is 32.2. The molecule has 31 heavy (non-hydrogen) atoms. The predicted molar refractivity (Wildman–Crippen MR) is 122 cm³/mol. The van der Waals surface area contributed by atoms with E-state index in [1.165, 1.54) is 4.90 Å². The Balaban J connectivity index is 1.69. The van der Waals surface area contributed by atoms with Crippen molar-refractivity contribution in [2.45, 2.75) is 38.1 Å². The van der Waals surface area contributed by atoms with Crippen molar-refractivity contribution in [1.29, 1.82) is 5.41 Å². The van der Waals surface area contributed by atoms with Crippen molar-refractivity contribution < 1.29 is 13.2 Å². The Bertz CT molecular complexity index is 954. The molecule has 0 bridgehead atoms. The average molecular weight is 443 g/mol. The maximum absolute atomic E-state index is 13.6. The quantitative estimate of drug-likeness (QED) is 0.466. The molecule has 3 rings (SSSR count). The van der Waals surface area contributed by atoms with Crippen LogP contribution in [-0.4, -0.2) is 44.0 Å². The van der Waals surface area contributed by atoms with Crippen LogP contribution in [0.4, 0.5) is 0 Å². The lowest BCUT2D eigenvalue weighted by Crippen LogP contribution is -2.45. The summed E-state index contributed by atoms with van der Waals surface area (Å²) in [6.07, 6.45) is 2.65. The molecular weight excluding hydrogens is 412 g/mol. The first kappa shape index (κ1) is 23.0. The number of sulfonamides is 1. The van der Waals surface area contributed by atoms with Crippen LogP contribution in [0.25, 0.3) is 0 Å². The largest absolute Gasteiger partial charge is 0.334 e. The fraction of sp³-hybridized carbons (Fsp3) is 0.391. The third-order valence-electron chi connectivity index (χ3n) is 5.45. The smallest absolute Gasteiger partial charge is 0.264 e. The zero-order valence-corrected chi connectivity index (χ0v) is 18.6. The van der Waals surface area contributed by atoms with Crippen molar-refractivity contribution in [2.24, 2.45) is 0 Å². The third kappa shape index (κ3) is 5.14. The molecule has 1 amide bonds. The molecule has 0 saturated carbocycles. The first-order valence-corrected chi connectivity index (χ1v) is 12.3. The van der Waals surface area contributed by atoms with Crippen LogP contribution in [0.1, 0.15) is 43.7 Å². The minimum absolute atomic E-state index is 0.0567. The zero-order valence-electron chi connectivity index (χ0n) is 17.8. The highest BCUT2D eigenvalue weighted by Gasteiger charge is 2.51. The van der Waals surface area contributed by atoms with E-state index < -0.39 is 15.6 Å². The van der Waals surface area contributed by atoms with Crippen LogP contribution >= 0.6 is 0 Å². The van der Waals surface area contributed by atoms with Crippen LogP contribution in [0.3, 0.4) is 0 Å². The van der Waals surface area contributed by atoms with Crippen molar-refractivity contribution in [1.82, 2.24) is 14.9 Å². The molecule has 1 heterocycles. The summed E-state index contributed by atoms with van der Waals surface area (Å²) >= 11 is 0. The molecule has 1 fully saturated rings. The number of carbonyl (C=O) groups excluding carboxylic acids is 1. The summed E-state index contributed by atoms with van der Waals surface area (Å²) in [4.78, 5) is 15.0. The Kier molecular flexibility index (Phi) is 7.46. The Morgan fingerprint density at radius 3 is 2.10 bits per heavy atom. The van der Waals surface area contributed by atoms with Gasteiger partial charge in [0.2, 0.25) is 10.0 Å². The van der Waals surface area contributed by atoms with Crippen LogP contribution in [-0.2, 0) is 20.4 Å². The third-order valence-corrected chi connectivity index (χ3v) is 6.92. The average Bonchev–Trinajstić information content (AvgIpc) is 3.04. The van der Waals surface area contributed by atoms with E-state index in [2.05, 4.69) is 10.0 Å². The van der Waals surface area contributed by atoms with Gasteiger partial charge < -0.3 is 5.32 Å². The Hall–Kier alpha value is -2.71. The molecule has 2 aromatic rings. The minimum Gasteiger partial charge on any atom is -0.334 e. The normalized spacial score (nSPS) is 15.8. The van der Waals surface area contributed by atoms with E-state index >= 15 is 0 Å². The van der Waals surface area contributed by atoms with E-state index in [1.807, 2.05) is 67.6 Å². The highest BCUT2D eigenvalue weighted by molar-refractivity contribution is 7.89. The Morgan fingerprint density at radius 1 is 0.968 bits per heavy atom. The summed E-state index contributed by atoms with van der Waals surface area (Å²) in [6.45, 7) is 2.64. The molecule has 1 aliphatic rings. The van der Waals surface area contributed by atoms with Gasteiger partial charge in [0.1, 0.15) is 0 Å². The summed E-state index contributed by atoms with van der Waals surface area (Å²) < 4.78 is 26.4. The van der Waals surface area contributed by atoms with Gasteiger partial charge in [0.05, 0.1) is 5.75 Å². The van der Waals surface area contributed by atoms with Crippen LogP contribution in [0.5, 0.6) is 0 Å². The van der Waals surface area contributed by atoms with Crippen LogP contribution in [0, 0.1) is 5.41 Å². The van der Waals surface area contributed by atoms with Gasteiger partial charge in [-0.3, -0.25) is 15.1 Å². The topological polar surface area (TPSA) is 102 Å². The van der Waals surface area contributed by atoms with Crippen LogP contribution in [0.2, 0.25) is 0 Å². The van der Waals surface area contributed by atoms with E-state index in [0.29, 0.717) is 32.4 Å². The number of amides is 1. The standard InChI is InChI=1S/C23H30N4O3S/c1-2-3-18-31(29,30)25-16-10-11-17-27-21(28)23(26-22(27)24,19-12-6-4-7-13-19)20-14-8-5-9-15-20/h4-9,12-15,25H,2-3,10-11,16-18H2,1H3,(H2,24,26). The van der Waals surface area contributed by atoms with E-state index in [9.17, 15) is 13.2 Å². The van der Waals surface area contributed by atoms with Crippen LogP contribution < -0.4 is 10.0 Å². The molecule has 2 aromatic carbocycles. The van der Waals surface area contributed by atoms with Crippen LogP contribution in [0.15, 0.2) is 60.7 Å². The fourth-order valence-electron chi connectivity index (χ4n) is 3.78. The molecule has 0 aromatic heterocycles. The zero-order chi connectivity index (χ0) is 22.3. The fourth-order valence-corrected chi connectivity index (χ4v) is 5.05. The molecule has 0 aliphatic carbocycles. The lowest BCUT2D eigenvalue weighted by atomic mass is 9.82.